The third kappa shape index (κ3) is 2.56. The van der Waals surface area contributed by atoms with Crippen molar-refractivity contribution in [3.8, 4) is 0 Å². The summed E-state index contributed by atoms with van der Waals surface area (Å²) in [5.74, 6) is -0.238. The average molecular weight is 285 g/mol. The van der Waals surface area contributed by atoms with Gasteiger partial charge in [0.25, 0.3) is 0 Å². The molecule has 1 aromatic carbocycles. The van der Waals surface area contributed by atoms with Crippen molar-refractivity contribution in [3.05, 3.63) is 30.1 Å². The summed E-state index contributed by atoms with van der Waals surface area (Å²) in [4.78, 5) is 32.5. The number of rotatable bonds is 3. The fourth-order valence-electron chi connectivity index (χ4n) is 2.72. The second-order valence-corrected chi connectivity index (χ2v) is 5.19. The SMILES string of the molecule is O=Cc1ccc2ncnc(N3CCC(C(=O)O)CC3)c2c1. The first-order valence-electron chi connectivity index (χ1n) is 6.86. The van der Waals surface area contributed by atoms with Crippen molar-refractivity contribution in [2.75, 3.05) is 18.0 Å². The number of carboxylic acid groups (broad SMARTS) is 1. The van der Waals surface area contributed by atoms with Crippen LogP contribution < -0.4 is 4.90 Å². The van der Waals surface area contributed by atoms with Crippen LogP contribution in [-0.4, -0.2) is 40.4 Å². The number of aldehydes is 1. The number of piperidine rings is 1. The summed E-state index contributed by atoms with van der Waals surface area (Å²) in [5, 5.41) is 9.88. The second kappa shape index (κ2) is 5.47. The molecule has 0 atom stereocenters. The van der Waals surface area contributed by atoms with E-state index in [1.807, 2.05) is 0 Å². The molecule has 6 nitrogen and oxygen atoms in total. The van der Waals surface area contributed by atoms with Gasteiger partial charge in [-0.2, -0.15) is 0 Å². The van der Waals surface area contributed by atoms with Crippen LogP contribution in [0.4, 0.5) is 5.82 Å². The fraction of sp³-hybridized carbons (Fsp3) is 0.333. The first kappa shape index (κ1) is 13.5. The van der Waals surface area contributed by atoms with Gasteiger partial charge in [0.2, 0.25) is 0 Å². The van der Waals surface area contributed by atoms with Crippen LogP contribution in [0.2, 0.25) is 0 Å². The number of anilines is 1. The smallest absolute Gasteiger partial charge is 0.306 e. The fourth-order valence-corrected chi connectivity index (χ4v) is 2.72. The summed E-state index contributed by atoms with van der Waals surface area (Å²) >= 11 is 0. The van der Waals surface area contributed by atoms with Crippen LogP contribution >= 0.6 is 0 Å². The number of carbonyl (C=O) groups is 2. The summed E-state index contributed by atoms with van der Waals surface area (Å²) in [5.41, 5.74) is 1.37. The van der Waals surface area contributed by atoms with E-state index in [9.17, 15) is 9.59 Å². The molecule has 1 aromatic heterocycles. The Kier molecular flexibility index (Phi) is 3.51. The number of hydrogen-bond donors (Lipinski definition) is 1. The van der Waals surface area contributed by atoms with E-state index in [2.05, 4.69) is 14.9 Å². The molecule has 0 bridgehead atoms. The molecule has 0 unspecified atom stereocenters. The van der Waals surface area contributed by atoms with Gasteiger partial charge in [-0.25, -0.2) is 9.97 Å². The van der Waals surface area contributed by atoms with E-state index in [1.165, 1.54) is 6.33 Å². The Balaban J connectivity index is 1.93. The van der Waals surface area contributed by atoms with Gasteiger partial charge in [-0.3, -0.25) is 9.59 Å². The minimum absolute atomic E-state index is 0.278. The number of aromatic nitrogens is 2. The van der Waals surface area contributed by atoms with Gasteiger partial charge in [0.15, 0.2) is 0 Å². The van der Waals surface area contributed by atoms with Crippen LogP contribution in [0, 0.1) is 5.92 Å². The molecule has 1 saturated heterocycles. The highest BCUT2D eigenvalue weighted by Crippen LogP contribution is 2.27. The summed E-state index contributed by atoms with van der Waals surface area (Å²) in [6.07, 6.45) is 3.51. The molecule has 21 heavy (non-hydrogen) atoms. The quantitative estimate of drug-likeness (QED) is 0.865. The lowest BCUT2D eigenvalue weighted by Crippen LogP contribution is -2.36. The van der Waals surface area contributed by atoms with Gasteiger partial charge in [-0.05, 0) is 31.0 Å². The molecule has 1 aliphatic rings. The van der Waals surface area contributed by atoms with E-state index < -0.39 is 5.97 Å². The van der Waals surface area contributed by atoms with E-state index in [1.54, 1.807) is 18.2 Å². The van der Waals surface area contributed by atoms with Gasteiger partial charge in [-0.1, -0.05) is 0 Å². The number of benzene rings is 1. The van der Waals surface area contributed by atoms with Crippen molar-refractivity contribution in [1.82, 2.24) is 9.97 Å². The predicted octanol–water partition coefficient (Wildman–Crippen LogP) is 1.74. The standard InChI is InChI=1S/C15H15N3O3/c19-8-10-1-2-13-12(7-10)14(17-9-16-13)18-5-3-11(4-6-18)15(20)21/h1-2,7-9,11H,3-6H2,(H,20,21). The van der Waals surface area contributed by atoms with E-state index in [-0.39, 0.29) is 5.92 Å². The van der Waals surface area contributed by atoms with E-state index in [0.29, 0.717) is 31.5 Å². The summed E-state index contributed by atoms with van der Waals surface area (Å²) in [6, 6.07) is 5.30. The molecule has 1 N–H and O–H groups in total. The lowest BCUT2D eigenvalue weighted by Gasteiger charge is -2.31. The van der Waals surface area contributed by atoms with Gasteiger partial charge in [0.1, 0.15) is 18.4 Å². The Hall–Kier alpha value is -2.50. The number of nitrogens with zero attached hydrogens (tertiary/aromatic N) is 3. The third-order valence-corrected chi connectivity index (χ3v) is 3.92. The number of hydrogen-bond acceptors (Lipinski definition) is 5. The highest BCUT2D eigenvalue weighted by molar-refractivity contribution is 5.93. The van der Waals surface area contributed by atoms with Crippen molar-refractivity contribution in [2.45, 2.75) is 12.8 Å². The van der Waals surface area contributed by atoms with Crippen molar-refractivity contribution in [3.63, 3.8) is 0 Å². The highest BCUT2D eigenvalue weighted by atomic mass is 16.4. The number of carboxylic acids is 1. The molecule has 2 aromatic rings. The zero-order chi connectivity index (χ0) is 14.8. The molecule has 108 valence electrons. The van der Waals surface area contributed by atoms with E-state index in [0.717, 1.165) is 23.0 Å². The van der Waals surface area contributed by atoms with Crippen LogP contribution in [0.25, 0.3) is 10.9 Å². The van der Waals surface area contributed by atoms with E-state index >= 15 is 0 Å². The van der Waals surface area contributed by atoms with Crippen LogP contribution in [0.15, 0.2) is 24.5 Å². The Bertz CT molecular complexity index is 694. The van der Waals surface area contributed by atoms with Crippen molar-refractivity contribution in [2.24, 2.45) is 5.92 Å². The zero-order valence-corrected chi connectivity index (χ0v) is 11.4. The first-order chi connectivity index (χ1) is 10.2. The van der Waals surface area contributed by atoms with Crippen LogP contribution in [0.5, 0.6) is 0 Å². The van der Waals surface area contributed by atoms with Gasteiger partial charge in [0, 0.05) is 24.0 Å². The maximum absolute atomic E-state index is 11.0. The number of fused-ring (bicyclic) bond motifs is 1. The molecule has 0 spiro atoms. The summed E-state index contributed by atoms with van der Waals surface area (Å²) in [7, 11) is 0. The maximum Gasteiger partial charge on any atom is 0.306 e. The van der Waals surface area contributed by atoms with Gasteiger partial charge in [-0.15, -0.1) is 0 Å². The zero-order valence-electron chi connectivity index (χ0n) is 11.4. The Morgan fingerprint density at radius 2 is 2.05 bits per heavy atom. The van der Waals surface area contributed by atoms with Gasteiger partial charge < -0.3 is 10.0 Å². The summed E-state index contributed by atoms with van der Waals surface area (Å²) in [6.45, 7) is 1.29. The van der Waals surface area contributed by atoms with Crippen LogP contribution in [0.3, 0.4) is 0 Å². The molecular weight excluding hydrogens is 270 g/mol. The lowest BCUT2D eigenvalue weighted by molar-refractivity contribution is -0.142. The second-order valence-electron chi connectivity index (χ2n) is 5.19. The molecule has 0 aliphatic carbocycles. The molecular formula is C15H15N3O3. The molecule has 0 amide bonds. The average Bonchev–Trinajstić information content (AvgIpc) is 2.54. The molecule has 0 saturated carbocycles. The maximum atomic E-state index is 11.0. The highest BCUT2D eigenvalue weighted by Gasteiger charge is 2.26. The summed E-state index contributed by atoms with van der Waals surface area (Å²) < 4.78 is 0. The first-order valence-corrected chi connectivity index (χ1v) is 6.86. The van der Waals surface area contributed by atoms with Crippen molar-refractivity contribution >= 4 is 29.0 Å². The Labute approximate surface area is 121 Å². The normalized spacial score (nSPS) is 16.1. The van der Waals surface area contributed by atoms with Crippen molar-refractivity contribution in [1.29, 1.82) is 0 Å². The van der Waals surface area contributed by atoms with Gasteiger partial charge >= 0.3 is 5.97 Å². The molecule has 1 fully saturated rings. The number of carbonyl (C=O) groups excluding carboxylic acids is 1. The topological polar surface area (TPSA) is 83.4 Å². The Morgan fingerprint density at radius 3 is 2.71 bits per heavy atom. The minimum atomic E-state index is -0.731. The largest absolute Gasteiger partial charge is 0.481 e. The molecule has 1 aliphatic heterocycles. The lowest BCUT2D eigenvalue weighted by atomic mass is 9.97. The molecule has 6 heteroatoms. The van der Waals surface area contributed by atoms with Crippen LogP contribution in [0.1, 0.15) is 23.2 Å². The minimum Gasteiger partial charge on any atom is -0.481 e. The van der Waals surface area contributed by atoms with Crippen molar-refractivity contribution < 1.29 is 14.7 Å². The molecule has 3 rings (SSSR count). The third-order valence-electron chi connectivity index (χ3n) is 3.92. The molecule has 2 heterocycles. The van der Waals surface area contributed by atoms with Crippen LogP contribution in [-0.2, 0) is 4.79 Å². The molecule has 0 radical (unpaired) electrons. The Morgan fingerprint density at radius 1 is 1.29 bits per heavy atom. The van der Waals surface area contributed by atoms with E-state index in [4.69, 9.17) is 5.11 Å². The number of aliphatic carboxylic acids is 1. The predicted molar refractivity (Wildman–Crippen MR) is 77.5 cm³/mol. The van der Waals surface area contributed by atoms with Gasteiger partial charge in [0.05, 0.1) is 11.4 Å². The monoisotopic (exact) mass is 285 g/mol.